The monoisotopic (exact) mass is 641 g/mol. The van der Waals surface area contributed by atoms with E-state index in [4.69, 9.17) is 34.8 Å². The lowest BCUT2D eigenvalue weighted by molar-refractivity contribution is -0.140. The molecule has 0 spiro atoms. The van der Waals surface area contributed by atoms with Crippen molar-refractivity contribution in [2.75, 3.05) is 17.1 Å². The number of nitrogens with one attached hydrogen (secondary N) is 1. The average Bonchev–Trinajstić information content (AvgIpc) is 2.91. The van der Waals surface area contributed by atoms with Crippen LogP contribution in [0.2, 0.25) is 15.1 Å². The lowest BCUT2D eigenvalue weighted by atomic mass is 10.0. The molecule has 2 amide bonds. The topological polar surface area (TPSA) is 86.8 Å². The molecule has 41 heavy (non-hydrogen) atoms. The van der Waals surface area contributed by atoms with Crippen molar-refractivity contribution in [2.45, 2.75) is 45.3 Å². The maximum atomic E-state index is 14.1. The summed E-state index contributed by atoms with van der Waals surface area (Å²) in [6, 6.07) is 16.1. The number of rotatable bonds is 12. The largest absolute Gasteiger partial charge is 0.352 e. The first-order valence-electron chi connectivity index (χ1n) is 12.8. The fourth-order valence-corrected chi connectivity index (χ4v) is 5.57. The molecule has 0 aliphatic rings. The van der Waals surface area contributed by atoms with E-state index in [2.05, 4.69) is 5.32 Å². The van der Waals surface area contributed by atoms with Crippen molar-refractivity contribution in [3.63, 3.8) is 0 Å². The quantitative estimate of drug-likeness (QED) is 0.259. The molecule has 0 aliphatic carbocycles. The minimum atomic E-state index is -4.03. The van der Waals surface area contributed by atoms with Gasteiger partial charge in [0.2, 0.25) is 21.8 Å². The second kappa shape index (κ2) is 14.4. The van der Waals surface area contributed by atoms with Gasteiger partial charge in [-0.3, -0.25) is 13.9 Å². The highest BCUT2D eigenvalue weighted by Crippen LogP contribution is 2.27. The molecule has 0 heterocycles. The average molecular weight is 643 g/mol. The van der Waals surface area contributed by atoms with E-state index in [1.165, 1.54) is 17.0 Å². The third-order valence-electron chi connectivity index (χ3n) is 6.50. The van der Waals surface area contributed by atoms with Gasteiger partial charge in [0.25, 0.3) is 0 Å². The van der Waals surface area contributed by atoms with Crippen LogP contribution in [-0.4, -0.2) is 50.0 Å². The molecule has 220 valence electrons. The molecule has 3 rings (SSSR count). The number of amides is 2. The van der Waals surface area contributed by atoms with Gasteiger partial charge in [-0.25, -0.2) is 12.8 Å². The Morgan fingerprint density at radius 3 is 2.24 bits per heavy atom. The van der Waals surface area contributed by atoms with Gasteiger partial charge in [-0.2, -0.15) is 0 Å². The molecule has 12 heteroatoms. The Hall–Kier alpha value is -2.85. The predicted octanol–water partition coefficient (Wildman–Crippen LogP) is 6.11. The van der Waals surface area contributed by atoms with E-state index in [0.717, 1.165) is 28.3 Å². The van der Waals surface area contributed by atoms with Gasteiger partial charge in [-0.1, -0.05) is 78.1 Å². The zero-order chi connectivity index (χ0) is 30.3. The van der Waals surface area contributed by atoms with E-state index in [-0.39, 0.29) is 34.7 Å². The summed E-state index contributed by atoms with van der Waals surface area (Å²) in [6.45, 7) is 2.99. The van der Waals surface area contributed by atoms with Gasteiger partial charge < -0.3 is 10.2 Å². The molecule has 0 radical (unpaired) electrons. The van der Waals surface area contributed by atoms with Crippen LogP contribution in [0, 0.1) is 5.82 Å². The smallest absolute Gasteiger partial charge is 0.244 e. The maximum absolute atomic E-state index is 14.1. The molecule has 0 aliphatic heterocycles. The molecule has 7 nitrogen and oxygen atoms in total. The summed E-state index contributed by atoms with van der Waals surface area (Å²) in [5.41, 5.74) is 1.30. The van der Waals surface area contributed by atoms with Crippen molar-refractivity contribution in [2.24, 2.45) is 0 Å². The summed E-state index contributed by atoms with van der Waals surface area (Å²) in [5, 5.41) is 3.31. The van der Waals surface area contributed by atoms with E-state index in [0.29, 0.717) is 17.0 Å². The molecule has 3 aromatic rings. The number of carbonyl (C=O) groups is 2. The number of halogens is 4. The Bertz CT molecular complexity index is 1490. The van der Waals surface area contributed by atoms with Crippen molar-refractivity contribution in [1.29, 1.82) is 0 Å². The first-order chi connectivity index (χ1) is 19.3. The fourth-order valence-electron chi connectivity index (χ4n) is 4.08. The third kappa shape index (κ3) is 9.07. The minimum Gasteiger partial charge on any atom is -0.352 e. The number of sulfonamides is 1. The van der Waals surface area contributed by atoms with Crippen LogP contribution in [0.3, 0.4) is 0 Å². The number of hydrogen-bond acceptors (Lipinski definition) is 4. The summed E-state index contributed by atoms with van der Waals surface area (Å²) in [5.74, 6) is -1.82. The summed E-state index contributed by atoms with van der Waals surface area (Å²) >= 11 is 18.5. The van der Waals surface area contributed by atoms with Gasteiger partial charge in [0.05, 0.1) is 17.0 Å². The van der Waals surface area contributed by atoms with E-state index in [9.17, 15) is 22.4 Å². The second-order valence-corrected chi connectivity index (χ2v) is 12.8. The van der Waals surface area contributed by atoms with E-state index >= 15 is 0 Å². The zero-order valence-corrected chi connectivity index (χ0v) is 25.9. The summed E-state index contributed by atoms with van der Waals surface area (Å²) < 4.78 is 40.3. The van der Waals surface area contributed by atoms with Crippen LogP contribution in [0.4, 0.5) is 10.1 Å². The summed E-state index contributed by atoms with van der Waals surface area (Å²) in [4.78, 5) is 29.0. The predicted molar refractivity (Wildman–Crippen MR) is 162 cm³/mol. The highest BCUT2D eigenvalue weighted by Gasteiger charge is 2.34. The Morgan fingerprint density at radius 2 is 1.66 bits per heavy atom. The molecular formula is C29H31Cl3FN3O4S. The van der Waals surface area contributed by atoms with Crippen molar-refractivity contribution < 1.29 is 22.4 Å². The van der Waals surface area contributed by atoms with Gasteiger partial charge in [-0.15, -0.1) is 0 Å². The highest BCUT2D eigenvalue weighted by molar-refractivity contribution is 7.92. The van der Waals surface area contributed by atoms with Crippen LogP contribution in [0.1, 0.15) is 31.4 Å². The molecule has 0 saturated carbocycles. The highest BCUT2D eigenvalue weighted by atomic mass is 35.5. The molecule has 0 bridgehead atoms. The van der Waals surface area contributed by atoms with Gasteiger partial charge >= 0.3 is 0 Å². The molecule has 1 N–H and O–H groups in total. The van der Waals surface area contributed by atoms with Crippen LogP contribution in [0.5, 0.6) is 0 Å². The SMILES string of the molecule is CC[C@@H](C)NC(=O)[C@H](Cc1ccccc1)N(Cc1ccc(Cl)cc1Cl)C(=O)CN(c1ccc(F)c(Cl)c1)S(C)(=O)=O. The third-order valence-corrected chi connectivity index (χ3v) is 8.52. The normalized spacial score (nSPS) is 12.9. The fraction of sp³-hybridized carbons (Fsp3) is 0.310. The van der Waals surface area contributed by atoms with E-state index in [1.54, 1.807) is 12.1 Å². The van der Waals surface area contributed by atoms with E-state index < -0.39 is 40.2 Å². The molecule has 0 unspecified atom stereocenters. The van der Waals surface area contributed by atoms with E-state index in [1.807, 2.05) is 44.2 Å². The molecule has 3 aromatic carbocycles. The van der Waals surface area contributed by atoms with Crippen molar-refractivity contribution >= 4 is 62.3 Å². The van der Waals surface area contributed by atoms with Crippen molar-refractivity contribution in [3.8, 4) is 0 Å². The number of nitrogens with zero attached hydrogens (tertiary/aromatic N) is 2. The maximum Gasteiger partial charge on any atom is 0.244 e. The van der Waals surface area contributed by atoms with Crippen molar-refractivity contribution in [3.05, 3.63) is 98.7 Å². The van der Waals surface area contributed by atoms with Gasteiger partial charge in [0.15, 0.2) is 0 Å². The molecule has 0 aromatic heterocycles. The van der Waals surface area contributed by atoms with Gasteiger partial charge in [0, 0.05) is 29.1 Å². The van der Waals surface area contributed by atoms with Gasteiger partial charge in [0.1, 0.15) is 18.4 Å². The summed E-state index contributed by atoms with van der Waals surface area (Å²) in [6.07, 6.45) is 1.74. The Kier molecular flexibility index (Phi) is 11.4. The number of benzene rings is 3. The Balaban J connectivity index is 2.10. The van der Waals surface area contributed by atoms with Crippen LogP contribution < -0.4 is 9.62 Å². The lowest BCUT2D eigenvalue weighted by Crippen LogP contribution is -2.54. The molecule has 0 fully saturated rings. The zero-order valence-electron chi connectivity index (χ0n) is 22.8. The first-order valence-corrected chi connectivity index (χ1v) is 15.8. The van der Waals surface area contributed by atoms with Crippen molar-refractivity contribution in [1.82, 2.24) is 10.2 Å². The molecule has 2 atom stereocenters. The number of hydrogen-bond donors (Lipinski definition) is 1. The van der Waals surface area contributed by atoms with Gasteiger partial charge in [-0.05, 0) is 54.8 Å². The lowest BCUT2D eigenvalue weighted by Gasteiger charge is -2.34. The Labute approximate surface area is 255 Å². The number of anilines is 1. The molecule has 0 saturated heterocycles. The molecular weight excluding hydrogens is 612 g/mol. The minimum absolute atomic E-state index is 0.000362. The van der Waals surface area contributed by atoms with Crippen LogP contribution in [0.25, 0.3) is 0 Å². The van der Waals surface area contributed by atoms with Crippen LogP contribution >= 0.6 is 34.8 Å². The standard InChI is InChI=1S/C29H31Cl3FN3O4S/c1-4-19(2)34-29(38)27(14-20-8-6-5-7-9-20)35(17-21-10-11-22(30)15-24(21)31)28(37)18-36(41(3,39)40)23-12-13-26(33)25(32)16-23/h5-13,15-16,19,27H,4,14,17-18H2,1-3H3,(H,34,38)/t19-,27+/m1/s1. The number of carbonyl (C=O) groups excluding carboxylic acids is 2. The second-order valence-electron chi connectivity index (χ2n) is 9.65. The first kappa shape index (κ1) is 32.7. The van der Waals surface area contributed by atoms with Crippen LogP contribution in [-0.2, 0) is 32.6 Å². The van der Waals surface area contributed by atoms with Crippen LogP contribution in [0.15, 0.2) is 66.7 Å². The summed E-state index contributed by atoms with van der Waals surface area (Å²) in [7, 11) is -4.03. The Morgan fingerprint density at radius 1 is 0.976 bits per heavy atom.